The molecule has 3 nitrogen and oxygen atoms in total. The van der Waals surface area contributed by atoms with Gasteiger partial charge >= 0.3 is 6.03 Å². The number of carbonyl (C=O) groups excluding carboxylic acids is 1. The summed E-state index contributed by atoms with van der Waals surface area (Å²) in [6.07, 6.45) is 1.85. The summed E-state index contributed by atoms with van der Waals surface area (Å²) in [6.45, 7) is 1.45. The van der Waals surface area contributed by atoms with Crippen LogP contribution >= 0.6 is 0 Å². The average Bonchev–Trinajstić information content (AvgIpc) is 2.70. The van der Waals surface area contributed by atoms with Gasteiger partial charge < -0.3 is 10.6 Å². The first-order chi connectivity index (χ1) is 7.65. The topological polar surface area (TPSA) is 46.3 Å². The summed E-state index contributed by atoms with van der Waals surface area (Å²) in [5.74, 6) is 0.229. The third-order valence-electron chi connectivity index (χ3n) is 3.04. The maximum Gasteiger partial charge on any atom is 0.314 e. The van der Waals surface area contributed by atoms with Crippen LogP contribution in [0.3, 0.4) is 0 Å². The van der Waals surface area contributed by atoms with Gasteiger partial charge in [-0.2, -0.15) is 0 Å². The monoisotopic (exact) mass is 222 g/mol. The van der Waals surface area contributed by atoms with E-state index in [1.54, 1.807) is 17.0 Å². The van der Waals surface area contributed by atoms with E-state index in [0.717, 1.165) is 24.9 Å². The Bertz CT molecular complexity index is 377. The number of carbonyl (C=O) groups is 1. The smallest absolute Gasteiger partial charge is 0.314 e. The van der Waals surface area contributed by atoms with Crippen molar-refractivity contribution in [3.8, 4) is 0 Å². The third kappa shape index (κ3) is 2.51. The molecule has 0 aromatic heterocycles. The molecule has 1 saturated heterocycles. The second-order valence-electron chi connectivity index (χ2n) is 4.27. The number of benzene rings is 1. The van der Waals surface area contributed by atoms with Gasteiger partial charge in [0.05, 0.1) is 0 Å². The van der Waals surface area contributed by atoms with Gasteiger partial charge in [-0.25, -0.2) is 9.18 Å². The van der Waals surface area contributed by atoms with Crippen molar-refractivity contribution in [2.75, 3.05) is 13.1 Å². The fourth-order valence-corrected chi connectivity index (χ4v) is 2.15. The number of urea groups is 1. The van der Waals surface area contributed by atoms with E-state index >= 15 is 0 Å². The second kappa shape index (κ2) is 4.51. The van der Waals surface area contributed by atoms with Gasteiger partial charge in [-0.05, 0) is 36.5 Å². The highest BCUT2D eigenvalue weighted by Crippen LogP contribution is 2.20. The lowest BCUT2D eigenvalue weighted by Gasteiger charge is -2.13. The van der Waals surface area contributed by atoms with E-state index in [0.29, 0.717) is 12.5 Å². The molecule has 1 heterocycles. The highest BCUT2D eigenvalue weighted by molar-refractivity contribution is 5.72. The van der Waals surface area contributed by atoms with Crippen LogP contribution in [0.2, 0.25) is 0 Å². The summed E-state index contributed by atoms with van der Waals surface area (Å²) in [6, 6.07) is 6.18. The maximum atomic E-state index is 12.7. The molecule has 1 aromatic rings. The molecule has 1 aliphatic heterocycles. The molecule has 0 radical (unpaired) electrons. The van der Waals surface area contributed by atoms with E-state index in [-0.39, 0.29) is 11.8 Å². The molecule has 1 aliphatic rings. The average molecular weight is 222 g/mol. The van der Waals surface area contributed by atoms with Crippen molar-refractivity contribution < 1.29 is 9.18 Å². The van der Waals surface area contributed by atoms with E-state index in [1.807, 2.05) is 0 Å². The Morgan fingerprint density at radius 1 is 1.44 bits per heavy atom. The van der Waals surface area contributed by atoms with E-state index in [2.05, 4.69) is 0 Å². The van der Waals surface area contributed by atoms with Gasteiger partial charge in [-0.1, -0.05) is 12.1 Å². The van der Waals surface area contributed by atoms with Crippen LogP contribution < -0.4 is 5.73 Å². The Kier molecular flexibility index (Phi) is 3.08. The summed E-state index contributed by atoms with van der Waals surface area (Å²) in [7, 11) is 0. The molecule has 2 rings (SSSR count). The second-order valence-corrected chi connectivity index (χ2v) is 4.27. The lowest BCUT2D eigenvalue weighted by molar-refractivity contribution is 0.217. The van der Waals surface area contributed by atoms with Crippen LogP contribution in [0.1, 0.15) is 12.0 Å². The van der Waals surface area contributed by atoms with Gasteiger partial charge in [0, 0.05) is 13.1 Å². The van der Waals surface area contributed by atoms with Gasteiger partial charge in [0.15, 0.2) is 0 Å². The summed E-state index contributed by atoms with van der Waals surface area (Å²) in [5, 5.41) is 0. The molecule has 0 bridgehead atoms. The maximum absolute atomic E-state index is 12.7. The minimum absolute atomic E-state index is 0.214. The molecule has 0 spiro atoms. The molecule has 2 N–H and O–H groups in total. The van der Waals surface area contributed by atoms with Crippen molar-refractivity contribution in [2.24, 2.45) is 11.7 Å². The van der Waals surface area contributed by atoms with Crippen molar-refractivity contribution in [2.45, 2.75) is 12.8 Å². The van der Waals surface area contributed by atoms with E-state index in [9.17, 15) is 9.18 Å². The van der Waals surface area contributed by atoms with Crippen LogP contribution in [0.25, 0.3) is 0 Å². The first-order valence-electron chi connectivity index (χ1n) is 5.44. The summed E-state index contributed by atoms with van der Waals surface area (Å²) >= 11 is 0. The van der Waals surface area contributed by atoms with E-state index in [1.165, 1.54) is 12.1 Å². The number of nitrogens with two attached hydrogens (primary N) is 1. The Morgan fingerprint density at radius 3 is 2.69 bits per heavy atom. The Hall–Kier alpha value is -1.58. The molecular formula is C12H15FN2O. The molecule has 1 atom stereocenters. The lowest BCUT2D eigenvalue weighted by atomic mass is 9.99. The van der Waals surface area contributed by atoms with Crippen molar-refractivity contribution >= 4 is 6.03 Å². The van der Waals surface area contributed by atoms with Crippen LogP contribution in [-0.2, 0) is 6.42 Å². The van der Waals surface area contributed by atoms with Gasteiger partial charge in [0.2, 0.25) is 0 Å². The van der Waals surface area contributed by atoms with Gasteiger partial charge in [-0.3, -0.25) is 0 Å². The standard InChI is InChI=1S/C12H15FN2O/c13-11-3-1-9(2-4-11)7-10-5-6-15(8-10)12(14)16/h1-4,10H,5-8H2,(H2,14,16). The number of hydrogen-bond acceptors (Lipinski definition) is 1. The highest BCUT2D eigenvalue weighted by Gasteiger charge is 2.24. The Morgan fingerprint density at radius 2 is 2.12 bits per heavy atom. The van der Waals surface area contributed by atoms with Crippen molar-refractivity contribution in [1.29, 1.82) is 0 Å². The molecule has 0 saturated carbocycles. The quantitative estimate of drug-likeness (QED) is 0.814. The molecule has 86 valence electrons. The van der Waals surface area contributed by atoms with Crippen LogP contribution in [-0.4, -0.2) is 24.0 Å². The van der Waals surface area contributed by atoms with Crippen molar-refractivity contribution in [1.82, 2.24) is 4.90 Å². The van der Waals surface area contributed by atoms with Crippen molar-refractivity contribution in [3.63, 3.8) is 0 Å². The van der Waals surface area contributed by atoms with E-state index in [4.69, 9.17) is 5.73 Å². The zero-order chi connectivity index (χ0) is 11.5. The first kappa shape index (κ1) is 10.9. The van der Waals surface area contributed by atoms with Crippen LogP contribution in [0.5, 0.6) is 0 Å². The largest absolute Gasteiger partial charge is 0.351 e. The summed E-state index contributed by atoms with van der Waals surface area (Å²) < 4.78 is 12.7. The fourth-order valence-electron chi connectivity index (χ4n) is 2.15. The normalized spacial score (nSPS) is 20.1. The number of primary amides is 1. The number of rotatable bonds is 2. The molecule has 1 unspecified atom stereocenters. The Labute approximate surface area is 94.0 Å². The first-order valence-corrected chi connectivity index (χ1v) is 5.44. The Balaban J connectivity index is 1.92. The minimum atomic E-state index is -0.346. The number of hydrogen-bond donors (Lipinski definition) is 1. The third-order valence-corrected chi connectivity index (χ3v) is 3.04. The van der Waals surface area contributed by atoms with E-state index < -0.39 is 0 Å². The predicted octanol–water partition coefficient (Wildman–Crippen LogP) is 1.77. The van der Waals surface area contributed by atoms with Crippen molar-refractivity contribution in [3.05, 3.63) is 35.6 Å². The summed E-state index contributed by atoms with van der Waals surface area (Å²) in [4.78, 5) is 12.6. The fraction of sp³-hybridized carbons (Fsp3) is 0.417. The molecule has 1 aromatic carbocycles. The molecule has 4 heteroatoms. The number of likely N-dealkylation sites (tertiary alicyclic amines) is 1. The van der Waals surface area contributed by atoms with Gasteiger partial charge in [-0.15, -0.1) is 0 Å². The highest BCUT2D eigenvalue weighted by atomic mass is 19.1. The molecular weight excluding hydrogens is 207 g/mol. The lowest BCUT2D eigenvalue weighted by Crippen LogP contribution is -2.33. The molecule has 1 fully saturated rings. The predicted molar refractivity (Wildman–Crippen MR) is 59.4 cm³/mol. The minimum Gasteiger partial charge on any atom is -0.351 e. The van der Waals surface area contributed by atoms with Gasteiger partial charge in [0.25, 0.3) is 0 Å². The number of halogens is 1. The summed E-state index contributed by atoms with van der Waals surface area (Å²) in [5.41, 5.74) is 6.32. The SMILES string of the molecule is NC(=O)N1CCC(Cc2ccc(F)cc2)C1. The molecule has 16 heavy (non-hydrogen) atoms. The van der Waals surface area contributed by atoms with Crippen LogP contribution in [0, 0.1) is 11.7 Å². The van der Waals surface area contributed by atoms with Gasteiger partial charge in [0.1, 0.15) is 5.82 Å². The zero-order valence-electron chi connectivity index (χ0n) is 9.03. The van der Waals surface area contributed by atoms with Crippen LogP contribution in [0.4, 0.5) is 9.18 Å². The van der Waals surface area contributed by atoms with Crippen LogP contribution in [0.15, 0.2) is 24.3 Å². The molecule has 0 aliphatic carbocycles. The zero-order valence-corrected chi connectivity index (χ0v) is 9.03. The molecule has 2 amide bonds. The number of nitrogens with zero attached hydrogens (tertiary/aromatic N) is 1. The number of amides is 2.